The predicted molar refractivity (Wildman–Crippen MR) is 82.9 cm³/mol. The molecular weight excluding hydrogens is 304 g/mol. The number of aliphatic carboxylic acids is 1. The van der Waals surface area contributed by atoms with E-state index in [0.29, 0.717) is 13.0 Å². The molecule has 23 heavy (non-hydrogen) atoms. The lowest BCUT2D eigenvalue weighted by Crippen LogP contribution is -2.47. The van der Waals surface area contributed by atoms with Crippen LogP contribution in [0.25, 0.3) is 0 Å². The Morgan fingerprint density at radius 3 is 2.52 bits per heavy atom. The summed E-state index contributed by atoms with van der Waals surface area (Å²) in [6.07, 6.45) is 1.97. The molecule has 5 atom stereocenters. The number of rotatable bonds is 11. The van der Waals surface area contributed by atoms with Crippen LogP contribution in [-0.2, 0) is 14.3 Å². The van der Waals surface area contributed by atoms with Gasteiger partial charge in [-0.05, 0) is 19.8 Å². The number of unbranched alkanes of at least 4 members (excludes halogenated alkanes) is 4. The van der Waals surface area contributed by atoms with Crippen molar-refractivity contribution in [2.24, 2.45) is 0 Å². The lowest BCUT2D eigenvalue weighted by Gasteiger charge is -2.35. The third-order valence-corrected chi connectivity index (χ3v) is 4.06. The van der Waals surface area contributed by atoms with E-state index < -0.39 is 30.6 Å². The summed E-state index contributed by atoms with van der Waals surface area (Å²) >= 11 is 0. The van der Waals surface area contributed by atoms with Crippen LogP contribution in [0.1, 0.15) is 58.3 Å². The zero-order chi connectivity index (χ0) is 17.2. The van der Waals surface area contributed by atoms with Crippen molar-refractivity contribution in [3.05, 3.63) is 0 Å². The maximum absolute atomic E-state index is 10.4. The lowest BCUT2D eigenvalue weighted by molar-refractivity contribution is -0.261. The Kier molecular flexibility index (Phi) is 9.66. The molecule has 4 N–H and O–H groups in total. The number of carbonyl (C=O) groups is 1. The third-order valence-electron chi connectivity index (χ3n) is 4.06. The summed E-state index contributed by atoms with van der Waals surface area (Å²) in [6, 6.07) is 0. The smallest absolute Gasteiger partial charge is 0.305 e. The van der Waals surface area contributed by atoms with Gasteiger partial charge in [-0.3, -0.25) is 4.79 Å². The minimum absolute atomic E-state index is 0.190. The summed E-state index contributed by atoms with van der Waals surface area (Å²) in [7, 11) is 0. The number of hydrogen-bond donors (Lipinski definition) is 4. The minimum Gasteiger partial charge on any atom is -0.481 e. The first-order valence-electron chi connectivity index (χ1n) is 8.43. The molecule has 0 spiro atoms. The standard InChI is InChI=1S/C16H30O7/c1-11-13(18)10-14(19)16(23-11)22-8-6-4-2-3-5-7-12(17)9-15(20)21/h11-14,16-19H,2-10H2,1H3,(H,20,21). The van der Waals surface area contributed by atoms with Gasteiger partial charge < -0.3 is 29.9 Å². The van der Waals surface area contributed by atoms with Gasteiger partial charge in [-0.2, -0.15) is 0 Å². The molecule has 7 nitrogen and oxygen atoms in total. The maximum atomic E-state index is 10.4. The van der Waals surface area contributed by atoms with Crippen molar-refractivity contribution in [2.75, 3.05) is 6.61 Å². The van der Waals surface area contributed by atoms with Crippen molar-refractivity contribution in [3.63, 3.8) is 0 Å². The molecule has 0 aromatic heterocycles. The lowest BCUT2D eigenvalue weighted by atomic mass is 10.0. The molecule has 0 aromatic carbocycles. The van der Waals surface area contributed by atoms with Gasteiger partial charge in [0.15, 0.2) is 6.29 Å². The van der Waals surface area contributed by atoms with Crippen molar-refractivity contribution in [3.8, 4) is 0 Å². The number of carboxylic acid groups (broad SMARTS) is 1. The molecule has 1 aliphatic heterocycles. The fourth-order valence-corrected chi connectivity index (χ4v) is 2.61. The van der Waals surface area contributed by atoms with Crippen LogP contribution in [-0.4, -0.2) is 63.7 Å². The Morgan fingerprint density at radius 1 is 1.17 bits per heavy atom. The zero-order valence-electron chi connectivity index (χ0n) is 13.8. The fraction of sp³-hybridized carbons (Fsp3) is 0.938. The molecule has 1 heterocycles. The van der Waals surface area contributed by atoms with E-state index in [2.05, 4.69) is 0 Å². The van der Waals surface area contributed by atoms with Crippen LogP contribution in [0.15, 0.2) is 0 Å². The van der Waals surface area contributed by atoms with Crippen LogP contribution < -0.4 is 0 Å². The highest BCUT2D eigenvalue weighted by Gasteiger charge is 2.34. The van der Waals surface area contributed by atoms with Crippen LogP contribution in [0.2, 0.25) is 0 Å². The summed E-state index contributed by atoms with van der Waals surface area (Å²) in [6.45, 7) is 2.25. The number of aliphatic hydroxyl groups excluding tert-OH is 3. The quantitative estimate of drug-likeness (QED) is 0.417. The highest BCUT2D eigenvalue weighted by molar-refractivity contribution is 5.67. The first kappa shape index (κ1) is 20.3. The van der Waals surface area contributed by atoms with Gasteiger partial charge in [0.2, 0.25) is 0 Å². The van der Waals surface area contributed by atoms with Crippen molar-refractivity contribution in [1.82, 2.24) is 0 Å². The van der Waals surface area contributed by atoms with Crippen LogP contribution >= 0.6 is 0 Å². The van der Waals surface area contributed by atoms with Crippen LogP contribution in [0.5, 0.6) is 0 Å². The first-order valence-corrected chi connectivity index (χ1v) is 8.43. The summed E-state index contributed by atoms with van der Waals surface area (Å²) in [5.41, 5.74) is 0. The van der Waals surface area contributed by atoms with Crippen molar-refractivity contribution in [1.29, 1.82) is 0 Å². The molecule has 5 unspecified atom stereocenters. The Bertz CT molecular complexity index is 336. The largest absolute Gasteiger partial charge is 0.481 e. The second-order valence-corrected chi connectivity index (χ2v) is 6.26. The van der Waals surface area contributed by atoms with E-state index in [0.717, 1.165) is 32.1 Å². The summed E-state index contributed by atoms with van der Waals surface area (Å²) in [5, 5.41) is 37.3. The number of hydrogen-bond acceptors (Lipinski definition) is 6. The van der Waals surface area contributed by atoms with E-state index in [9.17, 15) is 20.1 Å². The van der Waals surface area contributed by atoms with Crippen LogP contribution in [0.3, 0.4) is 0 Å². The molecule has 1 rings (SSSR count). The second kappa shape index (κ2) is 10.9. The van der Waals surface area contributed by atoms with Crippen molar-refractivity contribution < 1.29 is 34.7 Å². The molecule has 7 heteroatoms. The normalized spacial score (nSPS) is 29.4. The number of aliphatic hydroxyl groups is 3. The minimum atomic E-state index is -0.969. The van der Waals surface area contributed by atoms with E-state index in [1.54, 1.807) is 6.92 Å². The van der Waals surface area contributed by atoms with Gasteiger partial charge in [0.1, 0.15) is 6.10 Å². The summed E-state index contributed by atoms with van der Waals surface area (Å²) in [5.74, 6) is -0.969. The van der Waals surface area contributed by atoms with Gasteiger partial charge in [-0.15, -0.1) is 0 Å². The molecule has 1 saturated heterocycles. The molecule has 0 aromatic rings. The van der Waals surface area contributed by atoms with E-state index in [-0.39, 0.29) is 18.9 Å². The SMILES string of the molecule is CC1OC(OCCCCCCCC(O)CC(=O)O)C(O)CC1O. The van der Waals surface area contributed by atoms with Gasteiger partial charge in [-0.25, -0.2) is 0 Å². The summed E-state index contributed by atoms with van der Waals surface area (Å²) in [4.78, 5) is 10.4. The first-order chi connectivity index (χ1) is 10.9. The summed E-state index contributed by atoms with van der Waals surface area (Å²) < 4.78 is 10.9. The average molecular weight is 334 g/mol. The molecule has 1 fully saturated rings. The molecular formula is C16H30O7. The average Bonchev–Trinajstić information content (AvgIpc) is 2.46. The van der Waals surface area contributed by atoms with Crippen LogP contribution in [0.4, 0.5) is 0 Å². The molecule has 136 valence electrons. The highest BCUT2D eigenvalue weighted by atomic mass is 16.7. The maximum Gasteiger partial charge on any atom is 0.305 e. The molecule has 0 saturated carbocycles. The van der Waals surface area contributed by atoms with Gasteiger partial charge in [0.05, 0.1) is 24.7 Å². The molecule has 0 bridgehead atoms. The molecule has 0 amide bonds. The fourth-order valence-electron chi connectivity index (χ4n) is 2.61. The Balaban J connectivity index is 1.96. The monoisotopic (exact) mass is 334 g/mol. The topological polar surface area (TPSA) is 116 Å². The third kappa shape index (κ3) is 8.62. The Hall–Kier alpha value is -0.730. The van der Waals surface area contributed by atoms with Crippen molar-refractivity contribution in [2.45, 2.75) is 89.0 Å². The van der Waals surface area contributed by atoms with Gasteiger partial charge in [0, 0.05) is 13.0 Å². The Morgan fingerprint density at radius 2 is 1.83 bits per heavy atom. The van der Waals surface area contributed by atoms with Crippen LogP contribution in [0, 0.1) is 0 Å². The molecule has 0 aliphatic carbocycles. The number of ether oxygens (including phenoxy) is 2. The Labute approximate surface area is 137 Å². The van der Waals surface area contributed by atoms with Crippen molar-refractivity contribution >= 4 is 5.97 Å². The van der Waals surface area contributed by atoms with E-state index in [1.165, 1.54) is 0 Å². The van der Waals surface area contributed by atoms with E-state index >= 15 is 0 Å². The van der Waals surface area contributed by atoms with Gasteiger partial charge >= 0.3 is 5.97 Å². The predicted octanol–water partition coefficient (Wildman–Crippen LogP) is 1.04. The van der Waals surface area contributed by atoms with Gasteiger partial charge in [-0.1, -0.05) is 25.7 Å². The van der Waals surface area contributed by atoms with Gasteiger partial charge in [0.25, 0.3) is 0 Å². The number of carboxylic acids is 1. The molecule has 1 aliphatic rings. The van der Waals surface area contributed by atoms with E-state index in [1.807, 2.05) is 0 Å². The molecule has 0 radical (unpaired) electrons. The zero-order valence-corrected chi connectivity index (χ0v) is 13.8. The van der Waals surface area contributed by atoms with E-state index in [4.69, 9.17) is 14.6 Å². The highest BCUT2D eigenvalue weighted by Crippen LogP contribution is 2.21. The second-order valence-electron chi connectivity index (χ2n) is 6.26.